The van der Waals surface area contributed by atoms with E-state index in [2.05, 4.69) is 10.4 Å². The van der Waals surface area contributed by atoms with Gasteiger partial charge in [-0.15, -0.1) is 0 Å². The Hall–Kier alpha value is -2.14. The van der Waals surface area contributed by atoms with Crippen molar-refractivity contribution in [2.75, 3.05) is 13.2 Å². The molecule has 1 amide bonds. The highest BCUT2D eigenvalue weighted by atomic mass is 16.5. The molecule has 2 aromatic rings. The fraction of sp³-hybridized carbons (Fsp3) is 0.375. The van der Waals surface area contributed by atoms with Gasteiger partial charge in [-0.3, -0.25) is 4.79 Å². The van der Waals surface area contributed by atoms with E-state index in [4.69, 9.17) is 4.74 Å². The molecule has 3 rings (SSSR count). The molecule has 5 heteroatoms. The second kappa shape index (κ2) is 6.54. The summed E-state index contributed by atoms with van der Waals surface area (Å²) >= 11 is 0. The van der Waals surface area contributed by atoms with Crippen LogP contribution < -0.4 is 5.32 Å². The molecular formula is C16H19N3O2. The lowest BCUT2D eigenvalue weighted by molar-refractivity contribution is -0.120. The number of benzene rings is 1. The first-order valence-corrected chi connectivity index (χ1v) is 7.28. The van der Waals surface area contributed by atoms with Crippen LogP contribution in [0.3, 0.4) is 0 Å². The Morgan fingerprint density at radius 1 is 1.38 bits per heavy atom. The topological polar surface area (TPSA) is 56.2 Å². The summed E-state index contributed by atoms with van der Waals surface area (Å²) in [6.45, 7) is 1.41. The van der Waals surface area contributed by atoms with Crippen LogP contribution in [0.1, 0.15) is 18.4 Å². The van der Waals surface area contributed by atoms with E-state index >= 15 is 0 Å². The average Bonchev–Trinajstić information content (AvgIpc) is 3.17. The van der Waals surface area contributed by atoms with Gasteiger partial charge < -0.3 is 10.1 Å². The first kappa shape index (κ1) is 13.8. The number of para-hydroxylation sites is 1. The lowest BCUT2D eigenvalue weighted by Crippen LogP contribution is -2.32. The van der Waals surface area contributed by atoms with Crippen molar-refractivity contribution in [1.82, 2.24) is 15.1 Å². The molecule has 21 heavy (non-hydrogen) atoms. The van der Waals surface area contributed by atoms with Gasteiger partial charge in [-0.05, 0) is 30.5 Å². The van der Waals surface area contributed by atoms with Crippen LogP contribution in [-0.4, -0.2) is 34.9 Å². The van der Waals surface area contributed by atoms with Gasteiger partial charge in [-0.1, -0.05) is 18.2 Å². The molecule has 1 aromatic carbocycles. The van der Waals surface area contributed by atoms with E-state index in [0.717, 1.165) is 30.7 Å². The minimum absolute atomic E-state index is 0.0121. The number of carbonyl (C=O) groups is 1. The van der Waals surface area contributed by atoms with Gasteiger partial charge in [-0.2, -0.15) is 5.10 Å². The van der Waals surface area contributed by atoms with Crippen LogP contribution >= 0.6 is 0 Å². The van der Waals surface area contributed by atoms with Gasteiger partial charge in [0.05, 0.1) is 24.4 Å². The van der Waals surface area contributed by atoms with E-state index in [1.807, 2.05) is 36.5 Å². The minimum atomic E-state index is 0.0121. The second-order valence-electron chi connectivity index (χ2n) is 5.24. The van der Waals surface area contributed by atoms with Crippen LogP contribution in [0.25, 0.3) is 5.69 Å². The highest BCUT2D eigenvalue weighted by Gasteiger charge is 2.16. The Kier molecular flexibility index (Phi) is 4.31. The van der Waals surface area contributed by atoms with Crippen molar-refractivity contribution in [3.63, 3.8) is 0 Å². The molecule has 0 saturated carbocycles. The number of aromatic nitrogens is 2. The van der Waals surface area contributed by atoms with Gasteiger partial charge in [0, 0.05) is 19.3 Å². The van der Waals surface area contributed by atoms with Crippen LogP contribution in [0, 0.1) is 0 Å². The molecule has 2 heterocycles. The predicted octanol–water partition coefficient (Wildman–Crippen LogP) is 1.71. The maximum Gasteiger partial charge on any atom is 0.224 e. The van der Waals surface area contributed by atoms with E-state index in [1.54, 1.807) is 10.9 Å². The average molecular weight is 285 g/mol. The summed E-state index contributed by atoms with van der Waals surface area (Å²) in [7, 11) is 0. The van der Waals surface area contributed by atoms with E-state index in [-0.39, 0.29) is 12.0 Å². The Morgan fingerprint density at radius 2 is 2.24 bits per heavy atom. The molecule has 0 spiro atoms. The number of hydrogen-bond acceptors (Lipinski definition) is 3. The van der Waals surface area contributed by atoms with Crippen LogP contribution in [0.4, 0.5) is 0 Å². The number of ether oxygens (including phenoxy) is 1. The zero-order valence-electron chi connectivity index (χ0n) is 11.9. The summed E-state index contributed by atoms with van der Waals surface area (Å²) in [5, 5.41) is 7.21. The Bertz CT molecular complexity index is 589. The highest BCUT2D eigenvalue weighted by Crippen LogP contribution is 2.11. The first-order valence-electron chi connectivity index (χ1n) is 7.28. The monoisotopic (exact) mass is 285 g/mol. The third-order valence-corrected chi connectivity index (χ3v) is 3.57. The normalized spacial score (nSPS) is 17.8. The molecule has 1 fully saturated rings. The quantitative estimate of drug-likeness (QED) is 0.910. The molecule has 1 aliphatic rings. The molecule has 1 aromatic heterocycles. The Balaban J connectivity index is 1.53. The van der Waals surface area contributed by atoms with Crippen molar-refractivity contribution in [2.24, 2.45) is 0 Å². The standard InChI is InChI=1S/C16H19N3O2/c20-16(17-11-15-7-4-8-21-15)9-13-10-18-19(12-13)14-5-2-1-3-6-14/h1-3,5-6,10,12,15H,4,7-9,11H2,(H,17,20)/t15-/m0/s1. The van der Waals surface area contributed by atoms with Crippen LogP contribution in [0.5, 0.6) is 0 Å². The van der Waals surface area contributed by atoms with Gasteiger partial charge in [0.2, 0.25) is 5.91 Å². The molecule has 0 bridgehead atoms. The zero-order valence-corrected chi connectivity index (χ0v) is 11.9. The van der Waals surface area contributed by atoms with Crippen LogP contribution in [0.15, 0.2) is 42.7 Å². The summed E-state index contributed by atoms with van der Waals surface area (Å²) < 4.78 is 7.26. The SMILES string of the molecule is O=C(Cc1cnn(-c2ccccc2)c1)NC[C@@H]1CCCO1. The molecule has 0 unspecified atom stereocenters. The summed E-state index contributed by atoms with van der Waals surface area (Å²) in [5.41, 5.74) is 1.90. The van der Waals surface area contributed by atoms with E-state index in [0.29, 0.717) is 13.0 Å². The van der Waals surface area contributed by atoms with Crippen molar-refractivity contribution in [3.05, 3.63) is 48.3 Å². The Morgan fingerprint density at radius 3 is 3.00 bits per heavy atom. The number of amides is 1. The number of nitrogens with zero attached hydrogens (tertiary/aromatic N) is 2. The van der Waals surface area contributed by atoms with Crippen molar-refractivity contribution < 1.29 is 9.53 Å². The largest absolute Gasteiger partial charge is 0.376 e. The van der Waals surface area contributed by atoms with Crippen molar-refractivity contribution >= 4 is 5.91 Å². The molecule has 0 aliphatic carbocycles. The highest BCUT2D eigenvalue weighted by molar-refractivity contribution is 5.78. The molecular weight excluding hydrogens is 266 g/mol. The fourth-order valence-corrected chi connectivity index (χ4v) is 2.45. The van der Waals surface area contributed by atoms with Gasteiger partial charge in [0.25, 0.3) is 0 Å². The fourth-order valence-electron chi connectivity index (χ4n) is 2.45. The molecule has 1 atom stereocenters. The lowest BCUT2D eigenvalue weighted by atomic mass is 10.2. The summed E-state index contributed by atoms with van der Waals surface area (Å²) in [4.78, 5) is 11.9. The third-order valence-electron chi connectivity index (χ3n) is 3.57. The molecule has 1 N–H and O–H groups in total. The molecule has 5 nitrogen and oxygen atoms in total. The minimum Gasteiger partial charge on any atom is -0.376 e. The number of nitrogens with one attached hydrogen (secondary N) is 1. The summed E-state index contributed by atoms with van der Waals surface area (Å²) in [6, 6.07) is 9.85. The maximum absolute atomic E-state index is 11.9. The number of carbonyl (C=O) groups excluding carboxylic acids is 1. The third kappa shape index (κ3) is 3.70. The van der Waals surface area contributed by atoms with E-state index < -0.39 is 0 Å². The number of hydrogen-bond donors (Lipinski definition) is 1. The van der Waals surface area contributed by atoms with Crippen molar-refractivity contribution in [3.8, 4) is 5.69 Å². The van der Waals surface area contributed by atoms with Gasteiger partial charge in [0.15, 0.2) is 0 Å². The first-order chi connectivity index (χ1) is 10.3. The van der Waals surface area contributed by atoms with E-state index in [1.165, 1.54) is 0 Å². The zero-order chi connectivity index (χ0) is 14.5. The molecule has 1 saturated heterocycles. The van der Waals surface area contributed by atoms with Crippen LogP contribution in [-0.2, 0) is 16.0 Å². The van der Waals surface area contributed by atoms with Crippen molar-refractivity contribution in [1.29, 1.82) is 0 Å². The second-order valence-corrected chi connectivity index (χ2v) is 5.24. The lowest BCUT2D eigenvalue weighted by Gasteiger charge is -2.10. The maximum atomic E-state index is 11.9. The Labute approximate surface area is 123 Å². The van der Waals surface area contributed by atoms with Gasteiger partial charge in [-0.25, -0.2) is 4.68 Å². The molecule has 1 aliphatic heterocycles. The smallest absolute Gasteiger partial charge is 0.224 e. The predicted molar refractivity (Wildman–Crippen MR) is 79.3 cm³/mol. The molecule has 0 radical (unpaired) electrons. The van der Waals surface area contributed by atoms with Gasteiger partial charge >= 0.3 is 0 Å². The van der Waals surface area contributed by atoms with Crippen LogP contribution in [0.2, 0.25) is 0 Å². The molecule has 110 valence electrons. The van der Waals surface area contributed by atoms with Gasteiger partial charge in [0.1, 0.15) is 0 Å². The van der Waals surface area contributed by atoms with E-state index in [9.17, 15) is 4.79 Å². The summed E-state index contributed by atoms with van der Waals surface area (Å²) in [5.74, 6) is 0.0121. The summed E-state index contributed by atoms with van der Waals surface area (Å²) in [6.07, 6.45) is 6.27. The number of rotatable bonds is 5. The van der Waals surface area contributed by atoms with Crippen molar-refractivity contribution in [2.45, 2.75) is 25.4 Å².